The van der Waals surface area contributed by atoms with Gasteiger partial charge in [-0.25, -0.2) is 4.79 Å². The summed E-state index contributed by atoms with van der Waals surface area (Å²) in [6.45, 7) is 0. The van der Waals surface area contributed by atoms with E-state index < -0.39 is 0 Å². The molecule has 0 aliphatic carbocycles. The first-order valence-corrected chi connectivity index (χ1v) is 1.40. The Bertz CT molecular complexity index is 145. The van der Waals surface area contributed by atoms with Crippen molar-refractivity contribution in [3.63, 3.8) is 0 Å². The maximum atomic E-state index is 9.86. The van der Waals surface area contributed by atoms with Gasteiger partial charge in [-0.3, -0.25) is 0 Å². The van der Waals surface area contributed by atoms with E-state index in [1.54, 1.807) is 0 Å². The Morgan fingerprint density at radius 2 is 2.67 bits per heavy atom. The molecule has 1 rings (SSSR count). The summed E-state index contributed by atoms with van der Waals surface area (Å²) in [5.74, 6) is 0. The van der Waals surface area contributed by atoms with E-state index in [-0.39, 0.29) is 5.69 Å². The van der Waals surface area contributed by atoms with Crippen LogP contribution in [-0.4, -0.2) is 15.4 Å². The van der Waals surface area contributed by atoms with Gasteiger partial charge in [-0.15, -0.1) is 5.10 Å². The topological polar surface area (TPSA) is 75.7 Å². The Labute approximate surface area is 32.4 Å². The molecule has 1 heterocycles. The van der Waals surface area contributed by atoms with Crippen LogP contribution in [-0.2, 0) is 0 Å². The Morgan fingerprint density at radius 3 is 2.83 bits per heavy atom. The van der Waals surface area contributed by atoms with Gasteiger partial charge in [0.1, 0.15) is 5.21 Å². The molecule has 1 aromatic heterocycles. The van der Waals surface area contributed by atoms with E-state index in [4.69, 9.17) is 0 Å². The van der Waals surface area contributed by atoms with E-state index in [9.17, 15) is 4.79 Å². The van der Waals surface area contributed by atoms with Gasteiger partial charge in [-0.1, -0.05) is 10.3 Å². The summed E-state index contributed by atoms with van der Waals surface area (Å²) in [5.41, 5.74) is -0.324. The molecule has 0 saturated heterocycles. The minimum absolute atomic E-state index is 0.324. The van der Waals surface area contributed by atoms with E-state index in [0.29, 0.717) is 0 Å². The molecule has 5 heteroatoms. The standard InChI is InChI=1S/CH2N4O/c6-1-2-4-5-3-1/h(H2,2,3,4,5,6)/p+1. The second-order valence-corrected chi connectivity index (χ2v) is 0.790. The Morgan fingerprint density at radius 1 is 1.83 bits per heavy atom. The minimum atomic E-state index is -0.324. The maximum absolute atomic E-state index is 9.86. The number of hydrogen-bond donors (Lipinski definition) is 2. The average molecular weight is 87.1 g/mol. The number of aromatic amines is 3. The van der Waals surface area contributed by atoms with Crippen LogP contribution in [0.1, 0.15) is 0 Å². The average Bonchev–Trinajstić information content (AvgIpc) is 1.86. The fourth-order valence-corrected chi connectivity index (χ4v) is 0.185. The van der Waals surface area contributed by atoms with E-state index in [2.05, 4.69) is 20.6 Å². The first-order valence-electron chi connectivity index (χ1n) is 1.40. The summed E-state index contributed by atoms with van der Waals surface area (Å²) in [6, 6.07) is 0. The van der Waals surface area contributed by atoms with Gasteiger partial charge in [0.25, 0.3) is 0 Å². The monoisotopic (exact) mass is 87.0 g/mol. The van der Waals surface area contributed by atoms with Crippen LogP contribution in [0.3, 0.4) is 0 Å². The first kappa shape index (κ1) is 3.08. The number of nitrogens with zero attached hydrogens (tertiary/aromatic N) is 1. The van der Waals surface area contributed by atoms with Crippen molar-refractivity contribution >= 4 is 0 Å². The first-order chi connectivity index (χ1) is 2.89. The number of aromatic nitrogens is 4. The van der Waals surface area contributed by atoms with Crippen molar-refractivity contribution in [1.82, 2.24) is 15.4 Å². The van der Waals surface area contributed by atoms with Crippen molar-refractivity contribution in [2.75, 3.05) is 0 Å². The largest absolute Gasteiger partial charge is 0.463 e. The molecule has 0 spiro atoms. The summed E-state index contributed by atoms with van der Waals surface area (Å²) >= 11 is 0. The Kier molecular flexibility index (Phi) is 0.474. The number of tetrazole rings is 1. The van der Waals surface area contributed by atoms with Crippen LogP contribution < -0.4 is 10.9 Å². The van der Waals surface area contributed by atoms with Gasteiger partial charge < -0.3 is 0 Å². The zero-order valence-electron chi connectivity index (χ0n) is 2.86. The van der Waals surface area contributed by atoms with Crippen molar-refractivity contribution in [1.29, 1.82) is 0 Å². The summed E-state index contributed by atoms with van der Waals surface area (Å²) in [5, 5.41) is 9.63. The van der Waals surface area contributed by atoms with Gasteiger partial charge in [0.15, 0.2) is 0 Å². The van der Waals surface area contributed by atoms with Gasteiger partial charge in [0.2, 0.25) is 0 Å². The highest BCUT2D eigenvalue weighted by Crippen LogP contribution is 1.20. The molecule has 0 aliphatic heterocycles. The quantitative estimate of drug-likeness (QED) is 0.380. The van der Waals surface area contributed by atoms with Crippen molar-refractivity contribution in [3.05, 3.63) is 10.5 Å². The van der Waals surface area contributed by atoms with Crippen LogP contribution in [0.25, 0.3) is 0 Å². The smallest absolute Gasteiger partial charge is 0.215 e. The maximum Gasteiger partial charge on any atom is 0.463 e. The molecule has 6 heavy (non-hydrogen) atoms. The molecule has 0 saturated carbocycles. The molecular weight excluding hydrogens is 84.0 g/mol. The highest BCUT2D eigenvalue weighted by Gasteiger charge is 1.80. The molecule has 3 N–H and O–H groups in total. The molecule has 5 nitrogen and oxygen atoms in total. The minimum Gasteiger partial charge on any atom is -0.215 e. The van der Waals surface area contributed by atoms with Crippen molar-refractivity contribution in [2.24, 2.45) is 0 Å². The van der Waals surface area contributed by atoms with Crippen LogP contribution >= 0.6 is 0 Å². The van der Waals surface area contributed by atoms with Crippen LogP contribution in [0.2, 0.25) is 0 Å². The molecule has 0 bridgehead atoms. The lowest BCUT2D eigenvalue weighted by Crippen LogP contribution is -2.09. The second kappa shape index (κ2) is 0.925. The fraction of sp³-hybridized carbons (Fsp3) is 0. The van der Waals surface area contributed by atoms with Gasteiger partial charge in [0.05, 0.1) is 0 Å². The molecule has 0 amide bonds. The molecular formula is CH3N4O+. The third-order valence-corrected chi connectivity index (χ3v) is 0.383. The van der Waals surface area contributed by atoms with E-state index in [1.807, 2.05) is 0 Å². The van der Waals surface area contributed by atoms with Crippen molar-refractivity contribution in [2.45, 2.75) is 0 Å². The molecule has 0 radical (unpaired) electrons. The number of rotatable bonds is 0. The summed E-state index contributed by atoms with van der Waals surface area (Å²) in [7, 11) is 0. The highest BCUT2D eigenvalue weighted by molar-refractivity contribution is 4.31. The SMILES string of the molecule is O=c1[nH]n[nH+][nH]1. The van der Waals surface area contributed by atoms with Crippen LogP contribution in [0.15, 0.2) is 4.79 Å². The zero-order valence-corrected chi connectivity index (χ0v) is 2.86. The normalized spacial score (nSPS) is 8.67. The third-order valence-electron chi connectivity index (χ3n) is 0.383. The van der Waals surface area contributed by atoms with Gasteiger partial charge in [-0.2, -0.15) is 0 Å². The van der Waals surface area contributed by atoms with Gasteiger partial charge in [0, 0.05) is 0 Å². The van der Waals surface area contributed by atoms with Crippen LogP contribution in [0, 0.1) is 0 Å². The molecule has 0 fully saturated rings. The molecule has 0 aliphatic rings. The highest BCUT2D eigenvalue weighted by atomic mass is 16.2. The lowest BCUT2D eigenvalue weighted by atomic mass is 11.4. The Balaban J connectivity index is 3.41. The fourth-order valence-electron chi connectivity index (χ4n) is 0.185. The molecule has 0 aromatic carbocycles. The van der Waals surface area contributed by atoms with E-state index in [1.165, 1.54) is 0 Å². The predicted molar refractivity (Wildman–Crippen MR) is 15.8 cm³/mol. The van der Waals surface area contributed by atoms with Crippen LogP contribution in [0.4, 0.5) is 0 Å². The van der Waals surface area contributed by atoms with Gasteiger partial charge in [-0.05, 0) is 0 Å². The van der Waals surface area contributed by atoms with Crippen LogP contribution in [0.5, 0.6) is 0 Å². The Hall–Kier alpha value is -1.13. The molecule has 1 aromatic rings. The third kappa shape index (κ3) is 0.291. The van der Waals surface area contributed by atoms with Crippen molar-refractivity contribution in [3.8, 4) is 0 Å². The summed E-state index contributed by atoms with van der Waals surface area (Å²) in [4.78, 5) is 9.86. The van der Waals surface area contributed by atoms with Crippen molar-refractivity contribution < 1.29 is 5.21 Å². The zero-order chi connectivity index (χ0) is 4.41. The molecule has 0 atom stereocenters. The summed E-state index contributed by atoms with van der Waals surface area (Å²) < 4.78 is 0. The summed E-state index contributed by atoms with van der Waals surface area (Å²) in [6.07, 6.45) is 0. The lowest BCUT2D eigenvalue weighted by molar-refractivity contribution is -0.522. The number of nitrogens with one attached hydrogen (secondary N) is 3. The number of hydrogen-bond acceptors (Lipinski definition) is 2. The molecule has 0 unspecified atom stereocenters. The second-order valence-electron chi connectivity index (χ2n) is 0.790. The lowest BCUT2D eigenvalue weighted by Gasteiger charge is -1.39. The van der Waals surface area contributed by atoms with Gasteiger partial charge >= 0.3 is 5.69 Å². The molecule has 32 valence electrons. The van der Waals surface area contributed by atoms with E-state index >= 15 is 0 Å². The number of H-pyrrole nitrogens is 3. The predicted octanol–water partition coefficient (Wildman–Crippen LogP) is -2.09. The van der Waals surface area contributed by atoms with E-state index in [0.717, 1.165) is 0 Å².